The molecule has 1 fully saturated rings. The molecule has 1 amide bonds. The fraction of sp³-hybridized carbons (Fsp3) is 0.562. The van der Waals surface area contributed by atoms with E-state index in [1.165, 1.54) is 23.5 Å². The molecule has 0 radical (unpaired) electrons. The van der Waals surface area contributed by atoms with Crippen LogP contribution in [0, 0.1) is 0 Å². The molecule has 0 saturated carbocycles. The molecule has 8 heteroatoms. The van der Waals surface area contributed by atoms with E-state index >= 15 is 0 Å². The second kappa shape index (κ2) is 8.46. The van der Waals surface area contributed by atoms with Gasteiger partial charge in [-0.25, -0.2) is 8.42 Å². The van der Waals surface area contributed by atoms with Crippen molar-refractivity contribution in [1.82, 2.24) is 9.62 Å². The number of rotatable bonds is 6. The van der Waals surface area contributed by atoms with Gasteiger partial charge in [-0.05, 0) is 31.0 Å². The number of methoxy groups -OCH3 is 1. The van der Waals surface area contributed by atoms with E-state index in [4.69, 9.17) is 10.5 Å². The number of amides is 1. The van der Waals surface area contributed by atoms with Gasteiger partial charge in [-0.1, -0.05) is 12.8 Å². The summed E-state index contributed by atoms with van der Waals surface area (Å²) in [5, 5.41) is 2.64. The van der Waals surface area contributed by atoms with Crippen molar-refractivity contribution in [3.8, 4) is 5.75 Å². The summed E-state index contributed by atoms with van der Waals surface area (Å²) in [5.41, 5.74) is 5.65. The summed E-state index contributed by atoms with van der Waals surface area (Å²) in [6.07, 6.45) is 3.76. The Bertz CT molecular complexity index is 668. The topological polar surface area (TPSA) is 102 Å². The Kier molecular flexibility index (Phi) is 6.59. The normalized spacial score (nSPS) is 16.4. The maximum absolute atomic E-state index is 13.0. The zero-order chi connectivity index (χ0) is 17.6. The first kappa shape index (κ1) is 18.7. The van der Waals surface area contributed by atoms with Crippen molar-refractivity contribution in [3.05, 3.63) is 23.8 Å². The number of nitrogens with one attached hydrogen (secondary N) is 1. The second-order valence-electron chi connectivity index (χ2n) is 5.73. The van der Waals surface area contributed by atoms with Crippen molar-refractivity contribution in [2.24, 2.45) is 5.73 Å². The van der Waals surface area contributed by atoms with Crippen molar-refractivity contribution in [2.45, 2.75) is 30.6 Å². The number of nitrogens with zero attached hydrogens (tertiary/aromatic N) is 1. The van der Waals surface area contributed by atoms with E-state index in [0.29, 0.717) is 26.2 Å². The number of nitrogens with two attached hydrogens (primary N) is 1. The first-order valence-corrected chi connectivity index (χ1v) is 9.61. The summed E-state index contributed by atoms with van der Waals surface area (Å²) in [4.78, 5) is 12.1. The van der Waals surface area contributed by atoms with Gasteiger partial charge in [-0.2, -0.15) is 4.31 Å². The van der Waals surface area contributed by atoms with E-state index in [2.05, 4.69) is 5.32 Å². The van der Waals surface area contributed by atoms with Crippen LogP contribution in [0.15, 0.2) is 23.1 Å². The van der Waals surface area contributed by atoms with Crippen LogP contribution in [0.4, 0.5) is 0 Å². The Hall–Kier alpha value is -1.64. The largest absolute Gasteiger partial charge is 0.495 e. The van der Waals surface area contributed by atoms with E-state index in [0.717, 1.165) is 25.7 Å². The molecule has 0 aliphatic carbocycles. The van der Waals surface area contributed by atoms with Crippen LogP contribution >= 0.6 is 0 Å². The van der Waals surface area contributed by atoms with Crippen molar-refractivity contribution in [3.63, 3.8) is 0 Å². The summed E-state index contributed by atoms with van der Waals surface area (Å²) in [6, 6.07) is 4.44. The molecule has 3 N–H and O–H groups in total. The maximum atomic E-state index is 13.0. The molecule has 24 heavy (non-hydrogen) atoms. The lowest BCUT2D eigenvalue weighted by atomic mass is 10.2. The number of ether oxygens (including phenoxy) is 1. The first-order valence-electron chi connectivity index (χ1n) is 8.17. The number of carbonyl (C=O) groups excluding carboxylic acids is 1. The van der Waals surface area contributed by atoms with E-state index in [-0.39, 0.29) is 22.1 Å². The highest BCUT2D eigenvalue weighted by molar-refractivity contribution is 7.89. The van der Waals surface area contributed by atoms with Crippen LogP contribution < -0.4 is 15.8 Å². The molecule has 7 nitrogen and oxygen atoms in total. The maximum Gasteiger partial charge on any atom is 0.251 e. The Labute approximate surface area is 143 Å². The molecule has 1 aromatic carbocycles. The average Bonchev–Trinajstić information content (AvgIpc) is 2.89. The van der Waals surface area contributed by atoms with Gasteiger partial charge < -0.3 is 15.8 Å². The number of sulfonamides is 1. The molecule has 1 aromatic rings. The molecule has 1 saturated heterocycles. The lowest BCUT2D eigenvalue weighted by Crippen LogP contribution is -2.33. The zero-order valence-electron chi connectivity index (χ0n) is 14.0. The van der Waals surface area contributed by atoms with Crippen LogP contribution in [0.2, 0.25) is 0 Å². The Balaban J connectivity index is 2.37. The fourth-order valence-corrected chi connectivity index (χ4v) is 4.43. The Morgan fingerprint density at radius 2 is 1.92 bits per heavy atom. The smallest absolute Gasteiger partial charge is 0.251 e. The van der Waals surface area contributed by atoms with Gasteiger partial charge in [0, 0.05) is 31.7 Å². The van der Waals surface area contributed by atoms with Gasteiger partial charge >= 0.3 is 0 Å². The van der Waals surface area contributed by atoms with Crippen LogP contribution in [-0.2, 0) is 10.0 Å². The third kappa shape index (κ3) is 4.25. The molecule has 0 bridgehead atoms. The number of carbonyl (C=O) groups is 1. The standard InChI is InChI=1S/C16H25N3O4S/c1-23-14-7-6-13(16(20)18-9-8-17)12-15(14)24(21,22)19-10-4-2-3-5-11-19/h6-7,12H,2-5,8-11,17H2,1H3,(H,18,20). The number of hydrogen-bond donors (Lipinski definition) is 2. The van der Waals surface area contributed by atoms with Gasteiger partial charge in [0.25, 0.3) is 5.91 Å². The molecule has 1 aliphatic rings. The van der Waals surface area contributed by atoms with Gasteiger partial charge in [0.2, 0.25) is 10.0 Å². The van der Waals surface area contributed by atoms with Crippen molar-refractivity contribution >= 4 is 15.9 Å². The molecular weight excluding hydrogens is 330 g/mol. The molecular formula is C16H25N3O4S. The molecule has 2 rings (SSSR count). The van der Waals surface area contributed by atoms with E-state index in [9.17, 15) is 13.2 Å². The second-order valence-corrected chi connectivity index (χ2v) is 7.63. The highest BCUT2D eigenvalue weighted by Crippen LogP contribution is 2.29. The summed E-state index contributed by atoms with van der Waals surface area (Å²) in [7, 11) is -2.28. The van der Waals surface area contributed by atoms with E-state index in [1.807, 2.05) is 0 Å². The third-order valence-corrected chi connectivity index (χ3v) is 5.96. The predicted molar refractivity (Wildman–Crippen MR) is 91.6 cm³/mol. The number of hydrogen-bond acceptors (Lipinski definition) is 5. The van der Waals surface area contributed by atoms with Crippen molar-refractivity contribution in [1.29, 1.82) is 0 Å². The minimum atomic E-state index is -3.70. The Morgan fingerprint density at radius 3 is 2.50 bits per heavy atom. The zero-order valence-corrected chi connectivity index (χ0v) is 14.8. The van der Waals surface area contributed by atoms with Crippen LogP contribution in [-0.4, -0.2) is 51.9 Å². The van der Waals surface area contributed by atoms with Gasteiger partial charge in [0.05, 0.1) is 7.11 Å². The highest BCUT2D eigenvalue weighted by Gasteiger charge is 2.29. The molecule has 0 spiro atoms. The highest BCUT2D eigenvalue weighted by atomic mass is 32.2. The first-order chi connectivity index (χ1) is 11.5. The average molecular weight is 355 g/mol. The summed E-state index contributed by atoms with van der Waals surface area (Å²) >= 11 is 0. The molecule has 1 heterocycles. The molecule has 134 valence electrons. The predicted octanol–water partition coefficient (Wildman–Crippen LogP) is 0.948. The summed E-state index contributed by atoms with van der Waals surface area (Å²) < 4.78 is 32.7. The SMILES string of the molecule is COc1ccc(C(=O)NCCN)cc1S(=O)(=O)N1CCCCCC1. The monoisotopic (exact) mass is 355 g/mol. The van der Waals surface area contributed by atoms with E-state index in [1.54, 1.807) is 6.07 Å². The van der Waals surface area contributed by atoms with Crippen LogP contribution in [0.25, 0.3) is 0 Å². The van der Waals surface area contributed by atoms with Crippen LogP contribution in [0.5, 0.6) is 5.75 Å². The lowest BCUT2D eigenvalue weighted by Gasteiger charge is -2.21. The summed E-state index contributed by atoms with van der Waals surface area (Å²) in [6.45, 7) is 1.64. The van der Waals surface area contributed by atoms with Gasteiger partial charge in [0.1, 0.15) is 10.6 Å². The van der Waals surface area contributed by atoms with Gasteiger partial charge in [0.15, 0.2) is 0 Å². The fourth-order valence-electron chi connectivity index (χ4n) is 2.73. The molecule has 0 aromatic heterocycles. The van der Waals surface area contributed by atoms with Gasteiger partial charge in [-0.15, -0.1) is 0 Å². The van der Waals surface area contributed by atoms with Crippen molar-refractivity contribution in [2.75, 3.05) is 33.3 Å². The minimum absolute atomic E-state index is 0.0345. The summed E-state index contributed by atoms with van der Waals surface area (Å²) in [5.74, 6) is -0.106. The third-order valence-electron chi connectivity index (χ3n) is 4.04. The molecule has 0 unspecified atom stereocenters. The lowest BCUT2D eigenvalue weighted by molar-refractivity contribution is 0.0954. The van der Waals surface area contributed by atoms with Crippen LogP contribution in [0.3, 0.4) is 0 Å². The molecule has 0 atom stereocenters. The quantitative estimate of drug-likeness (QED) is 0.791. The van der Waals surface area contributed by atoms with Crippen LogP contribution in [0.1, 0.15) is 36.0 Å². The van der Waals surface area contributed by atoms with Gasteiger partial charge in [-0.3, -0.25) is 4.79 Å². The Morgan fingerprint density at radius 1 is 1.25 bits per heavy atom. The molecule has 1 aliphatic heterocycles. The van der Waals surface area contributed by atoms with Crippen molar-refractivity contribution < 1.29 is 17.9 Å². The van der Waals surface area contributed by atoms with E-state index < -0.39 is 10.0 Å². The minimum Gasteiger partial charge on any atom is -0.495 e. The number of benzene rings is 1.